The van der Waals surface area contributed by atoms with Crippen LogP contribution in [0.4, 0.5) is 0 Å². The van der Waals surface area contributed by atoms with Crippen molar-refractivity contribution in [3.05, 3.63) is 0 Å². The molecule has 0 unspecified atom stereocenters. The molecule has 1 rings (SSSR count). The van der Waals surface area contributed by atoms with Gasteiger partial charge in [-0.3, -0.25) is 4.79 Å². The number of carbonyl (C=O) groups is 1. The zero-order valence-electron chi connectivity index (χ0n) is 6.92. The SMILES string of the molecule is CCNC1(C(N)=O)CNC1.Cl.Cl. The minimum Gasteiger partial charge on any atom is -0.368 e. The summed E-state index contributed by atoms with van der Waals surface area (Å²) in [6.45, 7) is 4.07. The van der Waals surface area contributed by atoms with Gasteiger partial charge in [0.2, 0.25) is 5.91 Å². The summed E-state index contributed by atoms with van der Waals surface area (Å²) in [6, 6.07) is 0. The van der Waals surface area contributed by atoms with Crippen LogP contribution in [0.15, 0.2) is 0 Å². The number of primary amides is 1. The number of carbonyl (C=O) groups excluding carboxylic acids is 1. The first-order chi connectivity index (χ1) is 4.71. The first-order valence-electron chi connectivity index (χ1n) is 3.47. The topological polar surface area (TPSA) is 67.1 Å². The highest BCUT2D eigenvalue weighted by atomic mass is 35.5. The van der Waals surface area contributed by atoms with Crippen molar-refractivity contribution in [2.24, 2.45) is 5.73 Å². The molecule has 1 amide bonds. The molecule has 0 aromatic heterocycles. The molecule has 4 nitrogen and oxygen atoms in total. The van der Waals surface area contributed by atoms with E-state index in [1.54, 1.807) is 0 Å². The van der Waals surface area contributed by atoms with E-state index in [0.717, 1.165) is 6.54 Å². The van der Waals surface area contributed by atoms with Crippen molar-refractivity contribution in [3.63, 3.8) is 0 Å². The Labute approximate surface area is 84.5 Å². The third-order valence-corrected chi connectivity index (χ3v) is 1.84. The monoisotopic (exact) mass is 215 g/mol. The molecule has 0 aliphatic carbocycles. The van der Waals surface area contributed by atoms with Crippen molar-refractivity contribution in [1.82, 2.24) is 10.6 Å². The molecule has 1 saturated heterocycles. The highest BCUT2D eigenvalue weighted by Gasteiger charge is 2.41. The van der Waals surface area contributed by atoms with E-state index in [2.05, 4.69) is 10.6 Å². The van der Waals surface area contributed by atoms with Gasteiger partial charge in [0.05, 0.1) is 0 Å². The van der Waals surface area contributed by atoms with Gasteiger partial charge in [-0.05, 0) is 6.54 Å². The maximum Gasteiger partial charge on any atom is 0.240 e. The second-order valence-corrected chi connectivity index (χ2v) is 2.58. The quantitative estimate of drug-likeness (QED) is 0.582. The van der Waals surface area contributed by atoms with Crippen LogP contribution in [0.1, 0.15) is 6.92 Å². The second-order valence-electron chi connectivity index (χ2n) is 2.58. The Morgan fingerprint density at radius 2 is 2.08 bits per heavy atom. The van der Waals surface area contributed by atoms with Crippen LogP contribution in [0.2, 0.25) is 0 Å². The van der Waals surface area contributed by atoms with Gasteiger partial charge in [-0.15, -0.1) is 24.8 Å². The number of halogens is 2. The van der Waals surface area contributed by atoms with Crippen LogP contribution in [0.25, 0.3) is 0 Å². The van der Waals surface area contributed by atoms with Gasteiger partial charge in [-0.2, -0.15) is 0 Å². The molecule has 1 heterocycles. The van der Waals surface area contributed by atoms with Crippen LogP contribution in [0, 0.1) is 0 Å². The van der Waals surface area contributed by atoms with Gasteiger partial charge >= 0.3 is 0 Å². The summed E-state index contributed by atoms with van der Waals surface area (Å²) in [5, 5.41) is 6.06. The molecule has 0 radical (unpaired) electrons. The molecule has 12 heavy (non-hydrogen) atoms. The average Bonchev–Trinajstić information content (AvgIpc) is 1.77. The number of nitrogens with two attached hydrogens (primary N) is 1. The zero-order chi connectivity index (χ0) is 7.61. The fraction of sp³-hybridized carbons (Fsp3) is 0.833. The lowest BCUT2D eigenvalue weighted by Gasteiger charge is -2.40. The number of rotatable bonds is 3. The number of nitrogens with one attached hydrogen (secondary N) is 2. The van der Waals surface area contributed by atoms with E-state index in [4.69, 9.17) is 5.73 Å². The lowest BCUT2D eigenvalue weighted by atomic mass is 9.92. The van der Waals surface area contributed by atoms with Crippen LogP contribution in [0.5, 0.6) is 0 Å². The standard InChI is InChI=1S/C6H13N3O.2ClH/c1-2-9-6(5(7)10)3-8-4-6;;/h8-9H,2-4H2,1H3,(H2,7,10);2*1H. The smallest absolute Gasteiger partial charge is 0.240 e. The molecule has 0 aromatic rings. The molecular weight excluding hydrogens is 201 g/mol. The summed E-state index contributed by atoms with van der Waals surface area (Å²) in [5.74, 6) is -0.256. The summed E-state index contributed by atoms with van der Waals surface area (Å²) in [6.07, 6.45) is 0. The van der Waals surface area contributed by atoms with Gasteiger partial charge in [0.25, 0.3) is 0 Å². The number of likely N-dealkylation sites (N-methyl/N-ethyl adjacent to an activating group) is 1. The van der Waals surface area contributed by atoms with Crippen molar-refractivity contribution in [2.75, 3.05) is 19.6 Å². The van der Waals surface area contributed by atoms with E-state index in [1.807, 2.05) is 6.92 Å². The average molecular weight is 216 g/mol. The van der Waals surface area contributed by atoms with Crippen LogP contribution in [-0.2, 0) is 4.79 Å². The van der Waals surface area contributed by atoms with E-state index in [0.29, 0.717) is 13.1 Å². The molecule has 0 bridgehead atoms. The Morgan fingerprint density at radius 3 is 2.17 bits per heavy atom. The Hall–Kier alpha value is -0.0300. The molecule has 6 heteroatoms. The summed E-state index contributed by atoms with van der Waals surface area (Å²) < 4.78 is 0. The molecule has 4 N–H and O–H groups in total. The van der Waals surface area contributed by atoms with Crippen LogP contribution in [0.3, 0.4) is 0 Å². The number of hydrogen-bond acceptors (Lipinski definition) is 3. The Kier molecular flexibility index (Phi) is 6.75. The minimum absolute atomic E-state index is 0. The van der Waals surface area contributed by atoms with Gasteiger partial charge < -0.3 is 16.4 Å². The maximum atomic E-state index is 10.8. The largest absolute Gasteiger partial charge is 0.368 e. The van der Waals surface area contributed by atoms with Crippen LogP contribution < -0.4 is 16.4 Å². The molecule has 0 atom stereocenters. The lowest BCUT2D eigenvalue weighted by Crippen LogP contribution is -2.73. The van der Waals surface area contributed by atoms with Crippen molar-refractivity contribution >= 4 is 30.7 Å². The van der Waals surface area contributed by atoms with Gasteiger partial charge in [0.15, 0.2) is 0 Å². The zero-order valence-corrected chi connectivity index (χ0v) is 8.56. The summed E-state index contributed by atoms with van der Waals surface area (Å²) in [5.41, 5.74) is 4.73. The predicted octanol–water partition coefficient (Wildman–Crippen LogP) is -0.733. The molecule has 1 aliphatic rings. The van der Waals surface area contributed by atoms with Crippen LogP contribution >= 0.6 is 24.8 Å². The third-order valence-electron chi connectivity index (χ3n) is 1.84. The van der Waals surface area contributed by atoms with Gasteiger partial charge in [0, 0.05) is 13.1 Å². The first-order valence-corrected chi connectivity index (χ1v) is 3.47. The van der Waals surface area contributed by atoms with Crippen molar-refractivity contribution in [1.29, 1.82) is 0 Å². The Morgan fingerprint density at radius 1 is 1.58 bits per heavy atom. The number of amides is 1. The second kappa shape index (κ2) is 5.59. The maximum absolute atomic E-state index is 10.8. The van der Waals surface area contributed by atoms with Crippen molar-refractivity contribution in [2.45, 2.75) is 12.5 Å². The van der Waals surface area contributed by atoms with Gasteiger partial charge in [-0.25, -0.2) is 0 Å². The van der Waals surface area contributed by atoms with Gasteiger partial charge in [0.1, 0.15) is 5.54 Å². The molecule has 0 aromatic carbocycles. The predicted molar refractivity (Wildman–Crippen MR) is 53.0 cm³/mol. The van der Waals surface area contributed by atoms with Gasteiger partial charge in [-0.1, -0.05) is 6.92 Å². The fourth-order valence-corrected chi connectivity index (χ4v) is 1.10. The van der Waals surface area contributed by atoms with Crippen LogP contribution in [-0.4, -0.2) is 31.1 Å². The molecule has 1 aliphatic heterocycles. The fourth-order valence-electron chi connectivity index (χ4n) is 1.10. The molecule has 0 spiro atoms. The highest BCUT2D eigenvalue weighted by molar-refractivity contribution is 5.86. The Bertz CT molecular complexity index is 150. The highest BCUT2D eigenvalue weighted by Crippen LogP contribution is 2.08. The van der Waals surface area contributed by atoms with Crippen molar-refractivity contribution in [3.8, 4) is 0 Å². The summed E-state index contributed by atoms with van der Waals surface area (Å²) in [4.78, 5) is 10.8. The first kappa shape index (κ1) is 14.5. The lowest BCUT2D eigenvalue weighted by molar-refractivity contribution is -0.126. The van der Waals surface area contributed by atoms with Crippen molar-refractivity contribution < 1.29 is 4.79 Å². The van der Waals surface area contributed by atoms with E-state index in [9.17, 15) is 4.79 Å². The molecule has 0 saturated carbocycles. The third kappa shape index (κ3) is 2.48. The van der Waals surface area contributed by atoms with E-state index in [-0.39, 0.29) is 30.7 Å². The Balaban J connectivity index is 0. The normalized spacial score (nSPS) is 18.1. The molecule has 1 fully saturated rings. The minimum atomic E-state index is -0.450. The van der Waals surface area contributed by atoms with E-state index < -0.39 is 5.54 Å². The van der Waals surface area contributed by atoms with E-state index >= 15 is 0 Å². The molecule has 74 valence electrons. The summed E-state index contributed by atoms with van der Waals surface area (Å²) >= 11 is 0. The number of hydrogen-bond donors (Lipinski definition) is 3. The summed E-state index contributed by atoms with van der Waals surface area (Å²) in [7, 11) is 0. The van der Waals surface area contributed by atoms with E-state index in [1.165, 1.54) is 0 Å². The molecular formula is C6H15Cl2N3O.